The Morgan fingerprint density at radius 1 is 1.24 bits per heavy atom. The van der Waals surface area contributed by atoms with Crippen molar-refractivity contribution in [1.29, 1.82) is 0 Å². The number of hydrogen-bond acceptors (Lipinski definition) is 2. The number of carbonyl (C=O) groups is 1. The van der Waals surface area contributed by atoms with Gasteiger partial charge in [0.2, 0.25) is 0 Å². The zero-order chi connectivity index (χ0) is 13.4. The molecular formula is C14H20O3. The fourth-order valence-electron chi connectivity index (χ4n) is 2.19. The maximum absolute atomic E-state index is 11.4. The van der Waals surface area contributed by atoms with Gasteiger partial charge in [0.05, 0.1) is 12.5 Å². The van der Waals surface area contributed by atoms with E-state index in [1.165, 1.54) is 0 Å². The molecule has 0 bridgehead atoms. The van der Waals surface area contributed by atoms with E-state index in [1.807, 2.05) is 26.8 Å². The summed E-state index contributed by atoms with van der Waals surface area (Å²) in [7, 11) is 1.59. The second kappa shape index (κ2) is 4.40. The average molecular weight is 236 g/mol. The zero-order valence-electron chi connectivity index (χ0n) is 11.3. The molecule has 94 valence electrons. The number of carboxylic acids is 1. The van der Waals surface area contributed by atoms with E-state index in [0.717, 1.165) is 22.3 Å². The Labute approximate surface area is 102 Å². The summed E-state index contributed by atoms with van der Waals surface area (Å²) in [5.74, 6) is -0.156. The minimum atomic E-state index is -0.951. The van der Waals surface area contributed by atoms with Crippen LogP contribution in [0.15, 0.2) is 6.07 Å². The number of methoxy groups -OCH3 is 1. The highest BCUT2D eigenvalue weighted by Crippen LogP contribution is 2.38. The summed E-state index contributed by atoms with van der Waals surface area (Å²) in [6.45, 7) is 9.29. The molecule has 0 aromatic heterocycles. The van der Waals surface area contributed by atoms with Crippen molar-refractivity contribution in [3.8, 4) is 5.75 Å². The summed E-state index contributed by atoms with van der Waals surface area (Å²) in [6.07, 6.45) is 0. The first-order valence-electron chi connectivity index (χ1n) is 5.62. The average Bonchev–Trinajstić information content (AvgIpc) is 2.22. The summed E-state index contributed by atoms with van der Waals surface area (Å²) in [5.41, 5.74) is 2.88. The van der Waals surface area contributed by atoms with Gasteiger partial charge in [0, 0.05) is 5.56 Å². The van der Waals surface area contributed by atoms with Crippen LogP contribution in [0.2, 0.25) is 0 Å². The number of benzene rings is 1. The van der Waals surface area contributed by atoms with E-state index in [0.29, 0.717) is 5.75 Å². The van der Waals surface area contributed by atoms with Gasteiger partial charge < -0.3 is 9.84 Å². The van der Waals surface area contributed by atoms with Crippen LogP contribution in [0.3, 0.4) is 0 Å². The van der Waals surface area contributed by atoms with E-state index in [4.69, 9.17) is 4.74 Å². The smallest absolute Gasteiger partial charge is 0.313 e. The summed E-state index contributed by atoms with van der Waals surface area (Å²) in [6, 6.07) is 2.01. The topological polar surface area (TPSA) is 46.5 Å². The van der Waals surface area contributed by atoms with Crippen LogP contribution < -0.4 is 4.74 Å². The number of rotatable bonds is 3. The van der Waals surface area contributed by atoms with Gasteiger partial charge in [0.25, 0.3) is 0 Å². The molecule has 3 heteroatoms. The van der Waals surface area contributed by atoms with Crippen LogP contribution in [0.25, 0.3) is 0 Å². The molecule has 0 saturated carbocycles. The van der Waals surface area contributed by atoms with E-state index in [1.54, 1.807) is 21.0 Å². The van der Waals surface area contributed by atoms with Gasteiger partial charge in [-0.3, -0.25) is 4.79 Å². The first-order chi connectivity index (χ1) is 7.73. The number of ether oxygens (including phenoxy) is 1. The highest BCUT2D eigenvalue weighted by Gasteiger charge is 2.34. The molecule has 0 radical (unpaired) electrons. The molecule has 1 aromatic rings. The van der Waals surface area contributed by atoms with Crippen molar-refractivity contribution in [2.75, 3.05) is 7.11 Å². The van der Waals surface area contributed by atoms with Crippen LogP contribution in [0.1, 0.15) is 36.1 Å². The Morgan fingerprint density at radius 2 is 1.76 bits per heavy atom. The SMILES string of the molecule is COc1c(C)c(C)cc(C)c1C(C)(C)C(=O)O. The Bertz CT molecular complexity index is 459. The fraction of sp³-hybridized carbons (Fsp3) is 0.500. The van der Waals surface area contributed by atoms with E-state index < -0.39 is 11.4 Å². The van der Waals surface area contributed by atoms with E-state index in [2.05, 4.69) is 0 Å². The monoisotopic (exact) mass is 236 g/mol. The lowest BCUT2D eigenvalue weighted by Crippen LogP contribution is -2.30. The third-order valence-electron chi connectivity index (χ3n) is 3.35. The summed E-state index contributed by atoms with van der Waals surface area (Å²) < 4.78 is 5.41. The minimum Gasteiger partial charge on any atom is -0.496 e. The molecule has 0 spiro atoms. The van der Waals surface area contributed by atoms with Gasteiger partial charge in [-0.1, -0.05) is 6.07 Å². The number of hydrogen-bond donors (Lipinski definition) is 1. The molecule has 0 fully saturated rings. The highest BCUT2D eigenvalue weighted by atomic mass is 16.5. The van der Waals surface area contributed by atoms with Gasteiger partial charge in [0.1, 0.15) is 5.75 Å². The Balaban J connectivity index is 3.64. The van der Waals surface area contributed by atoms with E-state index in [9.17, 15) is 9.90 Å². The first-order valence-corrected chi connectivity index (χ1v) is 5.62. The van der Waals surface area contributed by atoms with Crippen LogP contribution in [-0.4, -0.2) is 18.2 Å². The molecule has 3 nitrogen and oxygen atoms in total. The molecule has 17 heavy (non-hydrogen) atoms. The Morgan fingerprint density at radius 3 is 2.18 bits per heavy atom. The molecule has 1 rings (SSSR count). The minimum absolute atomic E-state index is 0.690. The van der Waals surface area contributed by atoms with Gasteiger partial charge in [-0.05, 0) is 51.3 Å². The van der Waals surface area contributed by atoms with Crippen molar-refractivity contribution < 1.29 is 14.6 Å². The second-order valence-electron chi connectivity index (χ2n) is 4.97. The quantitative estimate of drug-likeness (QED) is 0.877. The van der Waals surface area contributed by atoms with E-state index in [-0.39, 0.29) is 0 Å². The van der Waals surface area contributed by atoms with Crippen LogP contribution in [-0.2, 0) is 10.2 Å². The molecule has 0 aliphatic carbocycles. The summed E-state index contributed by atoms with van der Waals surface area (Å²) >= 11 is 0. The predicted octanol–water partition coefficient (Wildman–Crippen LogP) is 2.98. The van der Waals surface area contributed by atoms with E-state index >= 15 is 0 Å². The molecule has 0 aliphatic heterocycles. The molecule has 0 heterocycles. The first kappa shape index (κ1) is 13.6. The largest absolute Gasteiger partial charge is 0.496 e. The highest BCUT2D eigenvalue weighted by molar-refractivity contribution is 5.82. The maximum atomic E-state index is 11.4. The Hall–Kier alpha value is -1.51. The van der Waals surface area contributed by atoms with Crippen LogP contribution in [0.5, 0.6) is 5.75 Å². The maximum Gasteiger partial charge on any atom is 0.313 e. The molecular weight excluding hydrogens is 216 g/mol. The normalized spacial score (nSPS) is 11.4. The third-order valence-corrected chi connectivity index (χ3v) is 3.35. The van der Waals surface area contributed by atoms with Gasteiger partial charge in [-0.25, -0.2) is 0 Å². The Kier molecular flexibility index (Phi) is 3.51. The van der Waals surface area contributed by atoms with Crippen molar-refractivity contribution in [2.45, 2.75) is 40.0 Å². The zero-order valence-corrected chi connectivity index (χ0v) is 11.3. The molecule has 0 aliphatic rings. The molecule has 0 amide bonds. The molecule has 0 saturated heterocycles. The van der Waals surface area contributed by atoms with Crippen LogP contribution in [0.4, 0.5) is 0 Å². The van der Waals surface area contributed by atoms with Crippen molar-refractivity contribution in [2.24, 2.45) is 0 Å². The van der Waals surface area contributed by atoms with Crippen LogP contribution >= 0.6 is 0 Å². The number of aliphatic carboxylic acids is 1. The van der Waals surface area contributed by atoms with Crippen LogP contribution in [0, 0.1) is 20.8 Å². The van der Waals surface area contributed by atoms with Crippen molar-refractivity contribution in [1.82, 2.24) is 0 Å². The molecule has 1 N–H and O–H groups in total. The van der Waals surface area contributed by atoms with Crippen molar-refractivity contribution >= 4 is 5.97 Å². The van der Waals surface area contributed by atoms with Gasteiger partial charge >= 0.3 is 5.97 Å². The van der Waals surface area contributed by atoms with Crippen molar-refractivity contribution in [3.05, 3.63) is 28.3 Å². The standard InChI is InChI=1S/C14H20O3/c1-8-7-9(2)11(12(17-6)10(8)3)14(4,5)13(15)16/h7H,1-6H3,(H,15,16). The van der Waals surface area contributed by atoms with Gasteiger partial charge in [-0.15, -0.1) is 0 Å². The van der Waals surface area contributed by atoms with Crippen molar-refractivity contribution in [3.63, 3.8) is 0 Å². The molecule has 1 aromatic carbocycles. The number of carboxylic acid groups (broad SMARTS) is 1. The van der Waals surface area contributed by atoms with Gasteiger partial charge in [0.15, 0.2) is 0 Å². The lowest BCUT2D eigenvalue weighted by atomic mass is 9.79. The predicted molar refractivity (Wildman–Crippen MR) is 67.9 cm³/mol. The summed E-state index contributed by atoms with van der Waals surface area (Å²) in [4.78, 5) is 11.4. The number of aryl methyl sites for hydroxylation is 2. The third kappa shape index (κ3) is 2.14. The lowest BCUT2D eigenvalue weighted by molar-refractivity contribution is -0.142. The fourth-order valence-corrected chi connectivity index (χ4v) is 2.19. The van der Waals surface area contributed by atoms with Gasteiger partial charge in [-0.2, -0.15) is 0 Å². The molecule has 0 atom stereocenters. The summed E-state index contributed by atoms with van der Waals surface area (Å²) in [5, 5.41) is 9.34. The lowest BCUT2D eigenvalue weighted by Gasteiger charge is -2.26. The second-order valence-corrected chi connectivity index (χ2v) is 4.97. The molecule has 0 unspecified atom stereocenters.